The van der Waals surface area contributed by atoms with Crippen molar-refractivity contribution in [2.24, 2.45) is 10.7 Å². The maximum Gasteiger partial charge on any atom is 0.341 e. The number of aromatic nitrogens is 4. The van der Waals surface area contributed by atoms with Gasteiger partial charge in [0.05, 0.1) is 29.6 Å². The third-order valence-electron chi connectivity index (χ3n) is 9.62. The number of pyridine rings is 1. The molecule has 0 bridgehead atoms. The first-order valence-electron chi connectivity index (χ1n) is 16.1. The number of hydrogen-bond donors (Lipinski definition) is 2. The largest absolute Gasteiger partial charge is 0.492 e. The second-order valence-electron chi connectivity index (χ2n) is 12.8. The predicted molar refractivity (Wildman–Crippen MR) is 184 cm³/mol. The lowest BCUT2D eigenvalue weighted by atomic mass is 9.97. The Balaban J connectivity index is 1.05. The third-order valence-corrected chi connectivity index (χ3v) is 9.71. The highest BCUT2D eigenvalue weighted by molar-refractivity contribution is 7.80. The highest BCUT2D eigenvalue weighted by Gasteiger charge is 2.37. The second kappa shape index (κ2) is 12.8. The summed E-state index contributed by atoms with van der Waals surface area (Å²) in [7, 11) is 1.44. The summed E-state index contributed by atoms with van der Waals surface area (Å²) in [4.78, 5) is 46.4. The van der Waals surface area contributed by atoms with Crippen molar-refractivity contribution >= 4 is 51.4 Å². The van der Waals surface area contributed by atoms with Crippen LogP contribution in [0.5, 0.6) is 5.75 Å². The van der Waals surface area contributed by atoms with E-state index in [1.54, 1.807) is 9.25 Å². The lowest BCUT2D eigenvalue weighted by Gasteiger charge is -2.41. The van der Waals surface area contributed by atoms with E-state index >= 15 is 4.39 Å². The quantitative estimate of drug-likeness (QED) is 0.249. The number of piperazine rings is 1. The van der Waals surface area contributed by atoms with Crippen LogP contribution in [0.3, 0.4) is 0 Å². The minimum absolute atomic E-state index is 0.00217. The van der Waals surface area contributed by atoms with E-state index < -0.39 is 17.2 Å². The summed E-state index contributed by atoms with van der Waals surface area (Å²) < 4.78 is 25.1. The van der Waals surface area contributed by atoms with Crippen molar-refractivity contribution in [2.75, 3.05) is 31.6 Å². The van der Waals surface area contributed by atoms with Gasteiger partial charge in [0.15, 0.2) is 22.5 Å². The maximum absolute atomic E-state index is 15.9. The fourth-order valence-electron chi connectivity index (χ4n) is 7.11. The molecule has 2 aromatic heterocycles. The zero-order valence-electron chi connectivity index (χ0n) is 27.0. The average molecular weight is 687 g/mol. The number of aliphatic imine (C=N–C) groups is 1. The van der Waals surface area contributed by atoms with Crippen LogP contribution in [0.2, 0.25) is 0 Å². The molecular weight excluding hydrogens is 651 g/mol. The number of fused-ring (bicyclic) bond motifs is 2. The van der Waals surface area contributed by atoms with E-state index in [2.05, 4.69) is 27.1 Å². The Hall–Kier alpha value is -5.02. The van der Waals surface area contributed by atoms with E-state index in [0.717, 1.165) is 35.7 Å². The number of nitrogens with two attached hydrogens (primary N) is 1. The van der Waals surface area contributed by atoms with E-state index in [4.69, 9.17) is 22.7 Å². The molecule has 3 heterocycles. The number of carbonyl (C=O) groups is 2. The van der Waals surface area contributed by atoms with Crippen LogP contribution >= 0.6 is 12.2 Å². The Labute approximate surface area is 285 Å². The highest BCUT2D eigenvalue weighted by atomic mass is 32.1. The number of carboxylic acids is 1. The number of carboxylic acid groups (broad SMARTS) is 1. The monoisotopic (exact) mass is 686 g/mol. The summed E-state index contributed by atoms with van der Waals surface area (Å²) >= 11 is 4.93. The first kappa shape index (κ1) is 32.5. The van der Waals surface area contributed by atoms with Crippen molar-refractivity contribution in [3.8, 4) is 5.75 Å². The van der Waals surface area contributed by atoms with Gasteiger partial charge in [0.25, 0.3) is 0 Å². The SMILES string of the molecule is COc1c(N2CCN(Cc3cn(CCC4C(=O)/C(=N\C(N)=S)c5ccccc54)nn3)C(C)C2)c(F)cc2c(=O)c(C(=O)O)cn(C3CC3)c12. The Morgan fingerprint density at radius 2 is 1.98 bits per heavy atom. The minimum Gasteiger partial charge on any atom is -0.492 e. The van der Waals surface area contributed by atoms with Crippen LogP contribution in [-0.2, 0) is 17.9 Å². The third kappa shape index (κ3) is 5.97. The molecule has 2 atom stereocenters. The molecule has 254 valence electrons. The number of carbonyl (C=O) groups excluding carboxylic acids is 1. The number of aryl methyl sites for hydroxylation is 1. The molecule has 13 nitrogen and oxygen atoms in total. The molecule has 2 aromatic carbocycles. The number of nitrogens with zero attached hydrogens (tertiary/aromatic N) is 7. The number of anilines is 1. The van der Waals surface area contributed by atoms with Gasteiger partial charge in [-0.25, -0.2) is 14.2 Å². The molecule has 3 N–H and O–H groups in total. The van der Waals surface area contributed by atoms with E-state index in [9.17, 15) is 19.5 Å². The number of methoxy groups -OCH3 is 1. The molecule has 0 radical (unpaired) electrons. The molecule has 2 unspecified atom stereocenters. The van der Waals surface area contributed by atoms with Gasteiger partial charge in [-0.2, -0.15) is 0 Å². The van der Waals surface area contributed by atoms with E-state index in [-0.39, 0.29) is 51.3 Å². The number of Topliss-reactive ketones (excluding diaryl/α,β-unsaturated/α-hetero) is 1. The van der Waals surface area contributed by atoms with Crippen molar-refractivity contribution < 1.29 is 23.8 Å². The van der Waals surface area contributed by atoms with Crippen LogP contribution < -0.4 is 20.8 Å². The van der Waals surface area contributed by atoms with Gasteiger partial charge in [0, 0.05) is 62.8 Å². The van der Waals surface area contributed by atoms with Crippen molar-refractivity contribution in [1.29, 1.82) is 0 Å². The molecule has 3 aliphatic rings. The number of ketones is 1. The Morgan fingerprint density at radius 1 is 1.20 bits per heavy atom. The summed E-state index contributed by atoms with van der Waals surface area (Å²) in [6, 6.07) is 8.70. The average Bonchev–Trinajstić information content (AvgIpc) is 3.76. The zero-order valence-corrected chi connectivity index (χ0v) is 27.8. The number of benzene rings is 2. The van der Waals surface area contributed by atoms with Crippen LogP contribution in [-0.4, -0.2) is 84.9 Å². The number of hydrogen-bond acceptors (Lipinski definition) is 9. The predicted octanol–water partition coefficient (Wildman–Crippen LogP) is 3.27. The van der Waals surface area contributed by atoms with E-state index in [0.29, 0.717) is 50.4 Å². The van der Waals surface area contributed by atoms with Gasteiger partial charge in [-0.05, 0) is 50.0 Å². The Kier molecular flexibility index (Phi) is 8.48. The minimum atomic E-state index is -1.35. The molecule has 0 amide bonds. The maximum atomic E-state index is 15.9. The van der Waals surface area contributed by atoms with Crippen LogP contribution in [0, 0.1) is 5.82 Å². The lowest BCUT2D eigenvalue weighted by molar-refractivity contribution is -0.114. The van der Waals surface area contributed by atoms with Gasteiger partial charge < -0.3 is 25.0 Å². The van der Waals surface area contributed by atoms with Gasteiger partial charge >= 0.3 is 5.97 Å². The van der Waals surface area contributed by atoms with Crippen molar-refractivity contribution in [3.63, 3.8) is 0 Å². The summed E-state index contributed by atoms with van der Waals surface area (Å²) in [5, 5.41) is 18.2. The first-order chi connectivity index (χ1) is 23.5. The van der Waals surface area contributed by atoms with Crippen molar-refractivity contribution in [2.45, 2.75) is 57.3 Å². The van der Waals surface area contributed by atoms with Crippen LogP contribution in [0.15, 0.2) is 52.5 Å². The number of halogens is 1. The molecule has 2 fully saturated rings. The molecule has 1 saturated heterocycles. The molecule has 2 aliphatic carbocycles. The topological polar surface area (TPSA) is 161 Å². The van der Waals surface area contributed by atoms with Crippen LogP contribution in [0.1, 0.15) is 65.3 Å². The summed E-state index contributed by atoms with van der Waals surface area (Å²) in [5.41, 5.74) is 7.89. The molecule has 0 spiro atoms. The Morgan fingerprint density at radius 3 is 2.67 bits per heavy atom. The van der Waals surface area contributed by atoms with E-state index in [1.807, 2.05) is 35.4 Å². The molecule has 1 aliphatic heterocycles. The van der Waals surface area contributed by atoms with Crippen molar-refractivity contribution in [3.05, 3.63) is 81.2 Å². The summed E-state index contributed by atoms with van der Waals surface area (Å²) in [6.45, 7) is 4.62. The fraction of sp³-hybridized carbons (Fsp3) is 0.382. The lowest BCUT2D eigenvalue weighted by Crippen LogP contribution is -2.51. The van der Waals surface area contributed by atoms with Gasteiger partial charge in [0.1, 0.15) is 17.0 Å². The zero-order chi connectivity index (χ0) is 34.6. The number of aromatic carboxylic acids is 1. The van der Waals surface area contributed by atoms with Gasteiger partial charge in [-0.1, -0.05) is 29.5 Å². The molecule has 1 saturated carbocycles. The molecule has 4 aromatic rings. The van der Waals surface area contributed by atoms with Crippen LogP contribution in [0.4, 0.5) is 10.1 Å². The highest BCUT2D eigenvalue weighted by Crippen LogP contribution is 2.44. The summed E-state index contributed by atoms with van der Waals surface area (Å²) in [6.07, 6.45) is 5.41. The van der Waals surface area contributed by atoms with Crippen molar-refractivity contribution in [1.82, 2.24) is 24.5 Å². The number of ether oxygens (including phenoxy) is 1. The number of rotatable bonds is 9. The molecule has 49 heavy (non-hydrogen) atoms. The number of thiocarbonyl (C=S) groups is 1. The summed E-state index contributed by atoms with van der Waals surface area (Å²) in [5.74, 6) is -2.24. The second-order valence-corrected chi connectivity index (χ2v) is 13.2. The van der Waals surface area contributed by atoms with Gasteiger partial charge in [-0.15, -0.1) is 5.10 Å². The van der Waals surface area contributed by atoms with Gasteiger partial charge in [-0.3, -0.25) is 19.2 Å². The molecule has 15 heteroatoms. The fourth-order valence-corrected chi connectivity index (χ4v) is 7.21. The smallest absolute Gasteiger partial charge is 0.341 e. The first-order valence-corrected chi connectivity index (χ1v) is 16.5. The van der Waals surface area contributed by atoms with Gasteiger partial charge in [0.2, 0.25) is 5.43 Å². The standard InChI is InChI=1S/C34H35FN8O5S/c1-18-14-41(29-26(35)13-24-28(32(29)48-2)43(20-7-8-20)17-25(30(24)44)33(46)47)12-11-40(18)15-19-16-42(39-38-19)10-9-23-21-5-3-4-6-22(21)27(31(23)45)37-34(36)49/h3-6,13,16-18,20,23H,7-12,14-15H2,1-2H3,(H2,36,49)(H,46,47)/b37-27-. The normalized spacial score (nSPS) is 20.3. The Bertz CT molecular complexity index is 2110. The molecular formula is C34H35FN8O5S. The van der Waals surface area contributed by atoms with Crippen LogP contribution in [0.25, 0.3) is 10.9 Å². The molecule has 7 rings (SSSR count). The van der Waals surface area contributed by atoms with E-state index in [1.165, 1.54) is 13.3 Å².